The molecule has 0 saturated carbocycles. The second-order valence-corrected chi connectivity index (χ2v) is 8.93. The Balaban J connectivity index is 1.70. The fourth-order valence-electron chi connectivity index (χ4n) is 4.90. The van der Waals surface area contributed by atoms with Crippen LogP contribution in [-0.4, -0.2) is 42.4 Å². The van der Waals surface area contributed by atoms with E-state index in [-0.39, 0.29) is 18.1 Å². The molecule has 0 radical (unpaired) electrons. The predicted octanol–water partition coefficient (Wildman–Crippen LogP) is 1.39. The monoisotopic (exact) mass is 459 g/mol. The van der Waals surface area contributed by atoms with Crippen molar-refractivity contribution in [3.8, 4) is 11.8 Å². The molecule has 1 unspecified atom stereocenters. The van der Waals surface area contributed by atoms with Gasteiger partial charge in [0, 0.05) is 44.4 Å². The first-order chi connectivity index (χ1) is 16.4. The van der Waals surface area contributed by atoms with Gasteiger partial charge in [-0.1, -0.05) is 24.1 Å². The van der Waals surface area contributed by atoms with Gasteiger partial charge in [0.15, 0.2) is 11.2 Å². The maximum absolute atomic E-state index is 13.8. The van der Waals surface area contributed by atoms with Gasteiger partial charge in [0.05, 0.1) is 13.1 Å². The zero-order valence-electron chi connectivity index (χ0n) is 19.8. The number of nitrogens with two attached hydrogens (primary N) is 1. The van der Waals surface area contributed by atoms with Crippen molar-refractivity contribution in [1.29, 1.82) is 0 Å². The quantitative estimate of drug-likeness (QED) is 0.465. The Labute approximate surface area is 197 Å². The van der Waals surface area contributed by atoms with Crippen molar-refractivity contribution in [2.45, 2.75) is 38.9 Å². The van der Waals surface area contributed by atoms with E-state index in [4.69, 9.17) is 10.7 Å². The number of aryl methyl sites for hydroxylation is 2. The van der Waals surface area contributed by atoms with Gasteiger partial charge >= 0.3 is 5.69 Å². The van der Waals surface area contributed by atoms with Crippen LogP contribution < -0.4 is 21.9 Å². The minimum atomic E-state index is -0.393. The number of piperidine rings is 1. The van der Waals surface area contributed by atoms with Crippen LogP contribution in [0, 0.1) is 11.8 Å². The highest BCUT2D eigenvalue weighted by Gasteiger charge is 2.26. The summed E-state index contributed by atoms with van der Waals surface area (Å²) in [6, 6.07) is 10.1. The van der Waals surface area contributed by atoms with Crippen LogP contribution in [0.2, 0.25) is 0 Å². The molecule has 5 rings (SSSR count). The van der Waals surface area contributed by atoms with Crippen molar-refractivity contribution in [3.63, 3.8) is 0 Å². The van der Waals surface area contributed by atoms with Crippen molar-refractivity contribution in [1.82, 2.24) is 23.3 Å². The van der Waals surface area contributed by atoms with E-state index in [9.17, 15) is 9.59 Å². The SMILES string of the molecule is CC#CCn1c(N2CCCC(N)C2)nc2c1c(=O)n(Cc1cc3ccccc3n1C)c(=O)n2C. The summed E-state index contributed by atoms with van der Waals surface area (Å²) in [6.45, 7) is 3.70. The molecule has 34 heavy (non-hydrogen) atoms. The highest BCUT2D eigenvalue weighted by atomic mass is 16.2. The summed E-state index contributed by atoms with van der Waals surface area (Å²) in [4.78, 5) is 33.9. The molecule has 1 aliphatic rings. The minimum Gasteiger partial charge on any atom is -0.346 e. The molecule has 4 heterocycles. The topological polar surface area (TPSA) is 96.0 Å². The number of fused-ring (bicyclic) bond motifs is 2. The maximum Gasteiger partial charge on any atom is 0.332 e. The highest BCUT2D eigenvalue weighted by molar-refractivity contribution is 5.81. The van der Waals surface area contributed by atoms with Crippen LogP contribution >= 0.6 is 0 Å². The van der Waals surface area contributed by atoms with Crippen molar-refractivity contribution in [3.05, 3.63) is 56.9 Å². The Morgan fingerprint density at radius 1 is 1.15 bits per heavy atom. The van der Waals surface area contributed by atoms with Crippen LogP contribution in [0.3, 0.4) is 0 Å². The van der Waals surface area contributed by atoms with E-state index in [2.05, 4.69) is 16.7 Å². The summed E-state index contributed by atoms with van der Waals surface area (Å²) in [5.74, 6) is 6.62. The summed E-state index contributed by atoms with van der Waals surface area (Å²) in [7, 11) is 3.61. The fraction of sp³-hybridized carbons (Fsp3) is 0.400. The third-order valence-electron chi connectivity index (χ3n) is 6.74. The molecule has 1 aliphatic heterocycles. The molecule has 0 bridgehead atoms. The van der Waals surface area contributed by atoms with E-state index >= 15 is 0 Å². The van der Waals surface area contributed by atoms with E-state index < -0.39 is 5.69 Å². The van der Waals surface area contributed by atoms with Gasteiger partial charge in [-0.3, -0.25) is 18.5 Å². The second-order valence-electron chi connectivity index (χ2n) is 8.93. The molecule has 1 saturated heterocycles. The van der Waals surface area contributed by atoms with Gasteiger partial charge in [0.1, 0.15) is 0 Å². The molecule has 9 heteroatoms. The molecular weight excluding hydrogens is 430 g/mol. The first-order valence-corrected chi connectivity index (χ1v) is 11.5. The standard InChI is InChI=1S/C25H29N7O2/c1-4-5-13-31-21-22(27-24(31)30-12-8-10-18(26)15-30)29(3)25(34)32(23(21)33)16-19-14-17-9-6-7-11-20(17)28(19)2/h6-7,9,11,14,18H,8,10,12-13,15-16,26H2,1-3H3. The molecule has 176 valence electrons. The molecule has 4 aromatic rings. The third-order valence-corrected chi connectivity index (χ3v) is 6.74. The lowest BCUT2D eigenvalue weighted by Gasteiger charge is -2.31. The summed E-state index contributed by atoms with van der Waals surface area (Å²) in [5, 5.41) is 1.07. The van der Waals surface area contributed by atoms with Gasteiger partial charge in [-0.05, 0) is 37.3 Å². The number of imidazole rings is 1. The first-order valence-electron chi connectivity index (χ1n) is 11.5. The Hall–Kier alpha value is -3.77. The van der Waals surface area contributed by atoms with Gasteiger partial charge in [-0.2, -0.15) is 4.98 Å². The van der Waals surface area contributed by atoms with Crippen LogP contribution in [0.5, 0.6) is 0 Å². The number of anilines is 1. The lowest BCUT2D eigenvalue weighted by Crippen LogP contribution is -2.44. The van der Waals surface area contributed by atoms with Gasteiger partial charge in [-0.15, -0.1) is 5.92 Å². The van der Waals surface area contributed by atoms with E-state index in [1.54, 1.807) is 14.0 Å². The van der Waals surface area contributed by atoms with Gasteiger partial charge in [-0.25, -0.2) is 4.79 Å². The summed E-state index contributed by atoms with van der Waals surface area (Å²) in [5.41, 5.74) is 8.15. The normalized spacial score (nSPS) is 16.2. The summed E-state index contributed by atoms with van der Waals surface area (Å²) >= 11 is 0. The number of hydrogen-bond donors (Lipinski definition) is 1. The third kappa shape index (κ3) is 3.51. The average molecular weight is 460 g/mol. The molecular formula is C25H29N7O2. The van der Waals surface area contributed by atoms with Crippen molar-refractivity contribution >= 4 is 28.0 Å². The Morgan fingerprint density at radius 2 is 1.94 bits per heavy atom. The Morgan fingerprint density at radius 3 is 2.68 bits per heavy atom. The Bertz CT molecular complexity index is 1570. The van der Waals surface area contributed by atoms with Gasteiger partial charge < -0.3 is 15.2 Å². The summed E-state index contributed by atoms with van der Waals surface area (Å²) in [6.07, 6.45) is 1.91. The van der Waals surface area contributed by atoms with Crippen molar-refractivity contribution in [2.75, 3.05) is 18.0 Å². The van der Waals surface area contributed by atoms with Crippen LogP contribution in [0.15, 0.2) is 39.9 Å². The molecule has 1 aromatic carbocycles. The summed E-state index contributed by atoms with van der Waals surface area (Å²) < 4.78 is 6.61. The average Bonchev–Trinajstić information content (AvgIpc) is 3.37. The molecule has 0 aliphatic carbocycles. The van der Waals surface area contributed by atoms with Crippen LogP contribution in [0.4, 0.5) is 5.95 Å². The molecule has 0 amide bonds. The van der Waals surface area contributed by atoms with Gasteiger partial charge in [0.25, 0.3) is 5.56 Å². The molecule has 1 fully saturated rings. The lowest BCUT2D eigenvalue weighted by atomic mass is 10.1. The van der Waals surface area contributed by atoms with E-state index in [0.29, 0.717) is 30.2 Å². The number of benzene rings is 1. The maximum atomic E-state index is 13.8. The van der Waals surface area contributed by atoms with Gasteiger partial charge in [0.2, 0.25) is 5.95 Å². The largest absolute Gasteiger partial charge is 0.346 e. The lowest BCUT2D eigenvalue weighted by molar-refractivity contribution is 0.496. The van der Waals surface area contributed by atoms with Crippen LogP contribution in [0.1, 0.15) is 25.5 Å². The van der Waals surface area contributed by atoms with E-state index in [0.717, 1.165) is 36.0 Å². The second kappa shape index (κ2) is 8.54. The zero-order chi connectivity index (χ0) is 24.0. The Kier molecular flexibility index (Phi) is 5.54. The highest BCUT2D eigenvalue weighted by Crippen LogP contribution is 2.23. The van der Waals surface area contributed by atoms with E-state index in [1.807, 2.05) is 46.5 Å². The molecule has 9 nitrogen and oxygen atoms in total. The number of hydrogen-bond acceptors (Lipinski definition) is 5. The van der Waals surface area contributed by atoms with Crippen LogP contribution in [-0.2, 0) is 27.2 Å². The molecule has 2 N–H and O–H groups in total. The van der Waals surface area contributed by atoms with Crippen molar-refractivity contribution in [2.24, 2.45) is 19.8 Å². The molecule has 1 atom stereocenters. The van der Waals surface area contributed by atoms with Crippen LogP contribution in [0.25, 0.3) is 22.1 Å². The zero-order valence-corrected chi connectivity index (χ0v) is 19.8. The van der Waals surface area contributed by atoms with Crippen molar-refractivity contribution < 1.29 is 0 Å². The number of nitrogens with zero attached hydrogens (tertiary/aromatic N) is 6. The number of aromatic nitrogens is 5. The smallest absolute Gasteiger partial charge is 0.332 e. The predicted molar refractivity (Wildman–Crippen MR) is 134 cm³/mol. The number of rotatable bonds is 4. The molecule has 0 spiro atoms. The number of para-hydroxylation sites is 1. The van der Waals surface area contributed by atoms with E-state index in [1.165, 1.54) is 9.13 Å². The minimum absolute atomic E-state index is 0.0474. The fourth-order valence-corrected chi connectivity index (χ4v) is 4.90. The first kappa shape index (κ1) is 22.0. The molecule has 3 aromatic heterocycles.